The maximum atomic E-state index is 11.6. The lowest BCUT2D eigenvalue weighted by atomic mass is 10.1. The molecule has 6 heteroatoms. The van der Waals surface area contributed by atoms with Gasteiger partial charge in [-0.2, -0.15) is 0 Å². The molecule has 0 bridgehead atoms. The number of benzene rings is 1. The van der Waals surface area contributed by atoms with Crippen molar-refractivity contribution in [1.82, 2.24) is 4.98 Å². The fraction of sp³-hybridized carbons (Fsp3) is 0. The minimum absolute atomic E-state index is 0.147. The zero-order valence-corrected chi connectivity index (χ0v) is 9.27. The average Bonchev–Trinajstić information content (AvgIpc) is 2.29. The number of nitrogens with zero attached hydrogens (tertiary/aromatic N) is 1. The van der Waals surface area contributed by atoms with Crippen LogP contribution in [0.25, 0.3) is 11.1 Å². The van der Waals surface area contributed by atoms with E-state index in [0.29, 0.717) is 5.02 Å². The lowest BCUT2D eigenvalue weighted by Crippen LogP contribution is -2.08. The number of pyridine rings is 1. The van der Waals surface area contributed by atoms with Gasteiger partial charge in [-0.3, -0.25) is 14.9 Å². The number of halogens is 1. The van der Waals surface area contributed by atoms with Gasteiger partial charge in [0.15, 0.2) is 0 Å². The number of H-pyrrole nitrogens is 1. The van der Waals surface area contributed by atoms with E-state index in [1.165, 1.54) is 30.5 Å². The highest BCUT2D eigenvalue weighted by Crippen LogP contribution is 2.30. The molecule has 2 rings (SSSR count). The SMILES string of the molecule is O=c1[nH]cccc1-c1cc(Cl)ccc1[N+](=O)[O-]. The molecule has 2 aromatic rings. The number of nitrogens with one attached hydrogen (secondary N) is 1. The van der Waals surface area contributed by atoms with E-state index in [0.717, 1.165) is 0 Å². The van der Waals surface area contributed by atoms with Gasteiger partial charge in [0.25, 0.3) is 11.2 Å². The van der Waals surface area contributed by atoms with Crippen LogP contribution in [0.5, 0.6) is 0 Å². The van der Waals surface area contributed by atoms with Crippen molar-refractivity contribution >= 4 is 17.3 Å². The van der Waals surface area contributed by atoms with Gasteiger partial charge in [0.05, 0.1) is 16.1 Å². The van der Waals surface area contributed by atoms with Crippen molar-refractivity contribution in [1.29, 1.82) is 0 Å². The van der Waals surface area contributed by atoms with E-state index >= 15 is 0 Å². The normalized spacial score (nSPS) is 10.2. The van der Waals surface area contributed by atoms with Crippen LogP contribution in [-0.2, 0) is 0 Å². The van der Waals surface area contributed by atoms with Gasteiger partial charge in [-0.25, -0.2) is 0 Å². The molecule has 0 atom stereocenters. The second-order valence-electron chi connectivity index (χ2n) is 3.33. The van der Waals surface area contributed by atoms with Crippen LogP contribution in [0.15, 0.2) is 41.3 Å². The fourth-order valence-electron chi connectivity index (χ4n) is 1.52. The summed E-state index contributed by atoms with van der Waals surface area (Å²) in [5, 5.41) is 11.2. The Morgan fingerprint density at radius 3 is 2.65 bits per heavy atom. The third kappa shape index (κ3) is 2.19. The first-order chi connectivity index (χ1) is 8.09. The monoisotopic (exact) mass is 250 g/mol. The van der Waals surface area contributed by atoms with Crippen molar-refractivity contribution in [2.75, 3.05) is 0 Å². The van der Waals surface area contributed by atoms with E-state index in [-0.39, 0.29) is 16.8 Å². The van der Waals surface area contributed by atoms with Crippen LogP contribution in [0.1, 0.15) is 0 Å². The van der Waals surface area contributed by atoms with Crippen LogP contribution in [0, 0.1) is 10.1 Å². The largest absolute Gasteiger partial charge is 0.329 e. The van der Waals surface area contributed by atoms with Gasteiger partial charge < -0.3 is 4.98 Å². The molecular weight excluding hydrogens is 244 g/mol. The Morgan fingerprint density at radius 1 is 1.24 bits per heavy atom. The summed E-state index contributed by atoms with van der Waals surface area (Å²) >= 11 is 5.79. The third-order valence-corrected chi connectivity index (χ3v) is 2.50. The molecule has 0 amide bonds. The molecular formula is C11H7ClN2O3. The van der Waals surface area contributed by atoms with Crippen LogP contribution in [0.4, 0.5) is 5.69 Å². The predicted molar refractivity (Wildman–Crippen MR) is 64.2 cm³/mol. The number of aromatic nitrogens is 1. The zero-order valence-electron chi connectivity index (χ0n) is 8.51. The van der Waals surface area contributed by atoms with Gasteiger partial charge in [-0.1, -0.05) is 11.6 Å². The Bertz CT molecular complexity index is 637. The number of hydrogen-bond acceptors (Lipinski definition) is 3. The van der Waals surface area contributed by atoms with E-state index < -0.39 is 10.5 Å². The first kappa shape index (κ1) is 11.3. The smallest absolute Gasteiger partial charge is 0.277 e. The van der Waals surface area contributed by atoms with Crippen molar-refractivity contribution in [3.05, 3.63) is 62.0 Å². The molecule has 1 aromatic heterocycles. The Balaban J connectivity index is 2.74. The van der Waals surface area contributed by atoms with E-state index in [1.54, 1.807) is 6.07 Å². The molecule has 5 nitrogen and oxygen atoms in total. The lowest BCUT2D eigenvalue weighted by Gasteiger charge is -2.02. The maximum Gasteiger partial charge on any atom is 0.277 e. The molecule has 0 aliphatic rings. The first-order valence-electron chi connectivity index (χ1n) is 4.71. The Morgan fingerprint density at radius 2 is 2.00 bits per heavy atom. The molecule has 1 N–H and O–H groups in total. The summed E-state index contributed by atoms with van der Waals surface area (Å²) in [5.41, 5.74) is -0.102. The molecule has 0 saturated carbocycles. The van der Waals surface area contributed by atoms with Gasteiger partial charge >= 0.3 is 0 Å². The van der Waals surface area contributed by atoms with Crippen LogP contribution in [0.3, 0.4) is 0 Å². The molecule has 1 heterocycles. The van der Waals surface area contributed by atoms with E-state index in [4.69, 9.17) is 11.6 Å². The van der Waals surface area contributed by atoms with Gasteiger partial charge in [0, 0.05) is 17.3 Å². The lowest BCUT2D eigenvalue weighted by molar-refractivity contribution is -0.384. The van der Waals surface area contributed by atoms with Gasteiger partial charge in [0.1, 0.15) is 0 Å². The second-order valence-corrected chi connectivity index (χ2v) is 3.77. The Hall–Kier alpha value is -2.14. The van der Waals surface area contributed by atoms with Crippen LogP contribution in [-0.4, -0.2) is 9.91 Å². The quantitative estimate of drug-likeness (QED) is 0.657. The second kappa shape index (κ2) is 4.39. The number of hydrogen-bond donors (Lipinski definition) is 1. The number of nitro groups is 1. The fourth-order valence-corrected chi connectivity index (χ4v) is 1.69. The number of aromatic amines is 1. The topological polar surface area (TPSA) is 76.0 Å². The minimum atomic E-state index is -0.544. The third-order valence-electron chi connectivity index (χ3n) is 2.26. The standard InChI is InChI=1S/C11H7ClN2O3/c12-7-3-4-10(14(16)17)9(6-7)8-2-1-5-13-11(8)15/h1-6H,(H,13,15). The Labute approximate surface area is 101 Å². The van der Waals surface area contributed by atoms with Crippen LogP contribution >= 0.6 is 11.6 Å². The molecule has 0 unspecified atom stereocenters. The van der Waals surface area contributed by atoms with Gasteiger partial charge in [-0.05, 0) is 24.3 Å². The van der Waals surface area contributed by atoms with Gasteiger partial charge in [0.2, 0.25) is 0 Å². The molecule has 86 valence electrons. The van der Waals surface area contributed by atoms with Crippen molar-refractivity contribution in [2.24, 2.45) is 0 Å². The zero-order chi connectivity index (χ0) is 12.4. The predicted octanol–water partition coefficient (Wildman–Crippen LogP) is 2.60. The summed E-state index contributed by atoms with van der Waals surface area (Å²) in [6.07, 6.45) is 1.46. The van der Waals surface area contributed by atoms with Crippen molar-refractivity contribution in [3.8, 4) is 11.1 Å². The molecule has 0 spiro atoms. The van der Waals surface area contributed by atoms with Crippen LogP contribution in [0.2, 0.25) is 5.02 Å². The molecule has 0 radical (unpaired) electrons. The van der Waals surface area contributed by atoms with Crippen molar-refractivity contribution in [3.63, 3.8) is 0 Å². The molecule has 0 fully saturated rings. The van der Waals surface area contributed by atoms with E-state index in [2.05, 4.69) is 4.98 Å². The highest BCUT2D eigenvalue weighted by molar-refractivity contribution is 6.31. The Kier molecular flexibility index (Phi) is 2.93. The van der Waals surface area contributed by atoms with Crippen LogP contribution < -0.4 is 5.56 Å². The summed E-state index contributed by atoms with van der Waals surface area (Å²) in [5.74, 6) is 0. The molecule has 0 aliphatic heterocycles. The minimum Gasteiger partial charge on any atom is -0.329 e. The number of rotatable bonds is 2. The highest BCUT2D eigenvalue weighted by atomic mass is 35.5. The maximum absolute atomic E-state index is 11.6. The summed E-state index contributed by atoms with van der Waals surface area (Å²) in [4.78, 5) is 24.4. The van der Waals surface area contributed by atoms with Crippen molar-refractivity contribution in [2.45, 2.75) is 0 Å². The molecule has 1 aromatic carbocycles. The highest BCUT2D eigenvalue weighted by Gasteiger charge is 2.17. The van der Waals surface area contributed by atoms with E-state index in [9.17, 15) is 14.9 Å². The average molecular weight is 251 g/mol. The first-order valence-corrected chi connectivity index (χ1v) is 5.09. The summed E-state index contributed by atoms with van der Waals surface area (Å²) in [7, 11) is 0. The molecule has 0 saturated heterocycles. The summed E-state index contributed by atoms with van der Waals surface area (Å²) in [6.45, 7) is 0. The van der Waals surface area contributed by atoms with Crippen molar-refractivity contribution < 1.29 is 4.92 Å². The number of nitro benzene ring substituents is 1. The molecule has 0 aliphatic carbocycles. The summed E-state index contributed by atoms with van der Waals surface area (Å²) < 4.78 is 0. The van der Waals surface area contributed by atoms with Gasteiger partial charge in [-0.15, -0.1) is 0 Å². The molecule has 17 heavy (non-hydrogen) atoms. The van der Waals surface area contributed by atoms with E-state index in [1.807, 2.05) is 0 Å². The summed E-state index contributed by atoms with van der Waals surface area (Å²) in [6, 6.07) is 7.22.